The molecule has 29 heavy (non-hydrogen) atoms. The second kappa shape index (κ2) is 9.39. The molecule has 0 amide bonds. The first-order valence-corrected chi connectivity index (χ1v) is 9.48. The molecule has 2 aromatic carbocycles. The van der Waals surface area contributed by atoms with Crippen molar-refractivity contribution in [3.63, 3.8) is 0 Å². The molecule has 3 aromatic rings. The molecule has 1 heterocycles. The SMILES string of the molecule is CCCc1cc(=O)oc2cc(OCC(=O)OCC(=O)c3ccc(Cl)cc3)ccc12. The van der Waals surface area contributed by atoms with Crippen LogP contribution in [-0.4, -0.2) is 25.0 Å². The highest BCUT2D eigenvalue weighted by Crippen LogP contribution is 2.23. The van der Waals surface area contributed by atoms with E-state index in [2.05, 4.69) is 0 Å². The third-order valence-electron chi connectivity index (χ3n) is 4.21. The van der Waals surface area contributed by atoms with Crippen LogP contribution in [0.15, 0.2) is 57.7 Å². The van der Waals surface area contributed by atoms with Crippen molar-refractivity contribution >= 4 is 34.3 Å². The van der Waals surface area contributed by atoms with Gasteiger partial charge < -0.3 is 13.9 Å². The van der Waals surface area contributed by atoms with Crippen molar-refractivity contribution in [2.45, 2.75) is 19.8 Å². The zero-order valence-electron chi connectivity index (χ0n) is 15.8. The van der Waals surface area contributed by atoms with Gasteiger partial charge in [-0.25, -0.2) is 9.59 Å². The number of hydrogen-bond acceptors (Lipinski definition) is 6. The van der Waals surface area contributed by atoms with Crippen LogP contribution in [0.3, 0.4) is 0 Å². The van der Waals surface area contributed by atoms with E-state index in [4.69, 9.17) is 25.5 Å². The molecule has 0 radical (unpaired) electrons. The molecule has 0 saturated heterocycles. The summed E-state index contributed by atoms with van der Waals surface area (Å²) in [7, 11) is 0. The zero-order valence-corrected chi connectivity index (χ0v) is 16.5. The van der Waals surface area contributed by atoms with Crippen LogP contribution in [0.2, 0.25) is 5.02 Å². The number of carbonyl (C=O) groups is 2. The molecular formula is C22H19ClO6. The Labute approximate surface area is 172 Å². The van der Waals surface area contributed by atoms with Crippen LogP contribution in [0.1, 0.15) is 29.3 Å². The van der Waals surface area contributed by atoms with Crippen LogP contribution in [0.4, 0.5) is 0 Å². The van der Waals surface area contributed by atoms with E-state index < -0.39 is 18.2 Å². The van der Waals surface area contributed by atoms with Crippen molar-refractivity contribution in [3.8, 4) is 5.75 Å². The summed E-state index contributed by atoms with van der Waals surface area (Å²) in [4.78, 5) is 35.6. The van der Waals surface area contributed by atoms with Gasteiger partial charge in [-0.15, -0.1) is 0 Å². The van der Waals surface area contributed by atoms with E-state index in [0.717, 1.165) is 23.8 Å². The first-order valence-electron chi connectivity index (χ1n) is 9.10. The highest BCUT2D eigenvalue weighted by Gasteiger charge is 2.12. The summed E-state index contributed by atoms with van der Waals surface area (Å²) < 4.78 is 15.6. The fourth-order valence-corrected chi connectivity index (χ4v) is 2.95. The normalized spacial score (nSPS) is 10.7. The molecule has 0 aliphatic heterocycles. The number of fused-ring (bicyclic) bond motifs is 1. The van der Waals surface area contributed by atoms with E-state index in [1.165, 1.54) is 6.07 Å². The quantitative estimate of drug-likeness (QED) is 0.312. The summed E-state index contributed by atoms with van der Waals surface area (Å²) in [6, 6.07) is 12.8. The van der Waals surface area contributed by atoms with Crippen molar-refractivity contribution in [1.82, 2.24) is 0 Å². The lowest BCUT2D eigenvalue weighted by Crippen LogP contribution is -2.19. The average Bonchev–Trinajstić information content (AvgIpc) is 2.70. The summed E-state index contributed by atoms with van der Waals surface area (Å²) in [6.07, 6.45) is 1.66. The predicted molar refractivity (Wildman–Crippen MR) is 109 cm³/mol. The molecule has 1 aromatic heterocycles. The number of benzene rings is 2. The summed E-state index contributed by atoms with van der Waals surface area (Å²) in [6.45, 7) is 1.26. The van der Waals surface area contributed by atoms with Gasteiger partial charge >= 0.3 is 11.6 Å². The number of aryl methyl sites for hydroxylation is 1. The van der Waals surface area contributed by atoms with E-state index >= 15 is 0 Å². The van der Waals surface area contributed by atoms with Crippen LogP contribution < -0.4 is 10.4 Å². The second-order valence-corrected chi connectivity index (χ2v) is 6.81. The van der Waals surface area contributed by atoms with Crippen LogP contribution in [-0.2, 0) is 16.0 Å². The maximum Gasteiger partial charge on any atom is 0.344 e. The van der Waals surface area contributed by atoms with E-state index in [-0.39, 0.29) is 12.4 Å². The van der Waals surface area contributed by atoms with Crippen LogP contribution in [0.5, 0.6) is 5.75 Å². The predicted octanol–water partition coefficient (Wildman–Crippen LogP) is 4.20. The molecule has 0 unspecified atom stereocenters. The number of ether oxygens (including phenoxy) is 2. The molecule has 7 heteroatoms. The lowest BCUT2D eigenvalue weighted by Gasteiger charge is -2.09. The van der Waals surface area contributed by atoms with Gasteiger partial charge in [-0.05, 0) is 48.4 Å². The Morgan fingerprint density at radius 2 is 1.79 bits per heavy atom. The molecule has 0 spiro atoms. The van der Waals surface area contributed by atoms with E-state index in [9.17, 15) is 14.4 Å². The fourth-order valence-electron chi connectivity index (χ4n) is 2.83. The number of esters is 1. The fraction of sp³-hybridized carbons (Fsp3) is 0.227. The molecule has 0 aliphatic carbocycles. The third kappa shape index (κ3) is 5.45. The average molecular weight is 415 g/mol. The largest absolute Gasteiger partial charge is 0.482 e. The van der Waals surface area contributed by atoms with Crippen LogP contribution in [0.25, 0.3) is 11.0 Å². The molecule has 150 valence electrons. The van der Waals surface area contributed by atoms with Crippen LogP contribution in [0, 0.1) is 0 Å². The third-order valence-corrected chi connectivity index (χ3v) is 4.46. The Bertz CT molecular complexity index is 1080. The lowest BCUT2D eigenvalue weighted by molar-refractivity contribution is -0.144. The molecule has 0 N–H and O–H groups in total. The minimum Gasteiger partial charge on any atom is -0.482 e. The Kier molecular flexibility index (Phi) is 6.67. The van der Waals surface area contributed by atoms with Gasteiger partial charge in [-0.1, -0.05) is 24.9 Å². The number of ketones is 1. The summed E-state index contributed by atoms with van der Waals surface area (Å²) in [5.74, 6) is -0.671. The molecular weight excluding hydrogens is 396 g/mol. The first-order chi connectivity index (χ1) is 14.0. The van der Waals surface area contributed by atoms with Crippen molar-refractivity contribution in [2.75, 3.05) is 13.2 Å². The molecule has 0 bridgehead atoms. The summed E-state index contributed by atoms with van der Waals surface area (Å²) in [5.41, 5.74) is 1.27. The Balaban J connectivity index is 1.58. The van der Waals surface area contributed by atoms with Gasteiger partial charge in [0.05, 0.1) is 0 Å². The minimum atomic E-state index is -0.686. The molecule has 0 atom stereocenters. The number of halogens is 1. The van der Waals surface area contributed by atoms with Crippen LogP contribution >= 0.6 is 11.6 Å². The van der Waals surface area contributed by atoms with E-state index in [0.29, 0.717) is 21.9 Å². The van der Waals surface area contributed by atoms with Gasteiger partial charge in [0.15, 0.2) is 19.0 Å². The molecule has 0 aliphatic rings. The van der Waals surface area contributed by atoms with Gasteiger partial charge in [0, 0.05) is 28.1 Å². The lowest BCUT2D eigenvalue weighted by atomic mass is 10.1. The number of carbonyl (C=O) groups excluding carboxylic acids is 2. The molecule has 0 fully saturated rings. The van der Waals surface area contributed by atoms with Gasteiger partial charge in [-0.2, -0.15) is 0 Å². The van der Waals surface area contributed by atoms with Crippen molar-refractivity contribution in [2.24, 2.45) is 0 Å². The number of Topliss-reactive ketones (excluding diaryl/α,β-unsaturated/α-hetero) is 1. The monoisotopic (exact) mass is 414 g/mol. The summed E-state index contributed by atoms with van der Waals surface area (Å²) >= 11 is 5.78. The number of hydrogen-bond donors (Lipinski definition) is 0. The Hall–Kier alpha value is -3.12. The maximum absolute atomic E-state index is 12.0. The zero-order chi connectivity index (χ0) is 20.8. The highest BCUT2D eigenvalue weighted by atomic mass is 35.5. The summed E-state index contributed by atoms with van der Waals surface area (Å²) in [5, 5.41) is 1.34. The first kappa shape index (κ1) is 20.6. The topological polar surface area (TPSA) is 82.8 Å². The van der Waals surface area contributed by atoms with Gasteiger partial charge in [-0.3, -0.25) is 4.79 Å². The van der Waals surface area contributed by atoms with Crippen molar-refractivity contribution in [3.05, 3.63) is 75.1 Å². The molecule has 0 saturated carbocycles. The second-order valence-electron chi connectivity index (χ2n) is 6.38. The van der Waals surface area contributed by atoms with E-state index in [1.54, 1.807) is 42.5 Å². The van der Waals surface area contributed by atoms with E-state index in [1.807, 2.05) is 6.92 Å². The standard InChI is InChI=1S/C22H19ClO6/c1-2-3-15-10-21(25)29-20-11-17(8-9-18(15)20)27-13-22(26)28-12-19(24)14-4-6-16(23)7-5-14/h4-11H,2-3,12-13H2,1H3. The molecule has 3 rings (SSSR count). The van der Waals surface area contributed by atoms with Crippen molar-refractivity contribution in [1.29, 1.82) is 0 Å². The minimum absolute atomic E-state index is 0.342. The highest BCUT2D eigenvalue weighted by molar-refractivity contribution is 6.30. The van der Waals surface area contributed by atoms with Gasteiger partial charge in [0.1, 0.15) is 11.3 Å². The van der Waals surface area contributed by atoms with Crippen molar-refractivity contribution < 1.29 is 23.5 Å². The Morgan fingerprint density at radius 1 is 1.03 bits per heavy atom. The Morgan fingerprint density at radius 3 is 2.52 bits per heavy atom. The molecule has 6 nitrogen and oxygen atoms in total. The number of rotatable bonds is 8. The van der Waals surface area contributed by atoms with Gasteiger partial charge in [0.25, 0.3) is 0 Å². The maximum atomic E-state index is 12.0. The van der Waals surface area contributed by atoms with Gasteiger partial charge in [0.2, 0.25) is 0 Å². The smallest absolute Gasteiger partial charge is 0.344 e.